The minimum absolute atomic E-state index is 0.00215. The molecule has 1 aromatic carbocycles. The van der Waals surface area contributed by atoms with Gasteiger partial charge in [0.25, 0.3) is 0 Å². The van der Waals surface area contributed by atoms with Gasteiger partial charge in [-0.1, -0.05) is 12.1 Å². The SMILES string of the molecule is Cc1cc(CCC(=O)N2CC(N3C(=O)CCC3=O)C2)ccc1F. The van der Waals surface area contributed by atoms with E-state index in [2.05, 4.69) is 0 Å². The van der Waals surface area contributed by atoms with Crippen molar-refractivity contribution in [1.82, 2.24) is 9.80 Å². The van der Waals surface area contributed by atoms with Crippen LogP contribution in [0.4, 0.5) is 4.39 Å². The molecule has 3 amide bonds. The summed E-state index contributed by atoms with van der Waals surface area (Å²) in [4.78, 5) is 38.4. The quantitative estimate of drug-likeness (QED) is 0.789. The zero-order chi connectivity index (χ0) is 16.6. The molecule has 0 saturated carbocycles. The summed E-state index contributed by atoms with van der Waals surface area (Å²) in [5.74, 6) is -0.504. The highest BCUT2D eigenvalue weighted by Crippen LogP contribution is 2.23. The lowest BCUT2D eigenvalue weighted by Crippen LogP contribution is -2.62. The molecule has 0 spiro atoms. The predicted octanol–water partition coefficient (Wildman–Crippen LogP) is 1.43. The molecule has 0 aromatic heterocycles. The summed E-state index contributed by atoms with van der Waals surface area (Å²) in [5.41, 5.74) is 1.50. The van der Waals surface area contributed by atoms with Crippen molar-refractivity contribution in [2.45, 2.75) is 38.6 Å². The van der Waals surface area contributed by atoms with Gasteiger partial charge in [-0.25, -0.2) is 4.39 Å². The smallest absolute Gasteiger partial charge is 0.230 e. The van der Waals surface area contributed by atoms with E-state index >= 15 is 0 Å². The Morgan fingerprint density at radius 3 is 2.48 bits per heavy atom. The summed E-state index contributed by atoms with van der Waals surface area (Å²) < 4.78 is 13.2. The van der Waals surface area contributed by atoms with Crippen molar-refractivity contribution in [3.8, 4) is 0 Å². The van der Waals surface area contributed by atoms with E-state index in [9.17, 15) is 18.8 Å². The van der Waals surface area contributed by atoms with Crippen molar-refractivity contribution >= 4 is 17.7 Å². The topological polar surface area (TPSA) is 57.7 Å². The van der Waals surface area contributed by atoms with Gasteiger partial charge >= 0.3 is 0 Å². The molecule has 0 N–H and O–H groups in total. The lowest BCUT2D eigenvalue weighted by molar-refractivity contribution is -0.151. The Kier molecular flexibility index (Phi) is 4.15. The second-order valence-electron chi connectivity index (χ2n) is 6.19. The molecule has 122 valence electrons. The molecule has 2 aliphatic heterocycles. The zero-order valence-corrected chi connectivity index (χ0v) is 13.0. The number of amides is 3. The Labute approximate surface area is 134 Å². The summed E-state index contributed by atoms with van der Waals surface area (Å²) in [6, 6.07) is 4.70. The lowest BCUT2D eigenvalue weighted by Gasteiger charge is -2.43. The molecular formula is C17H19FN2O3. The molecule has 6 heteroatoms. The molecular weight excluding hydrogens is 299 g/mol. The fourth-order valence-corrected chi connectivity index (χ4v) is 3.10. The van der Waals surface area contributed by atoms with Crippen molar-refractivity contribution in [1.29, 1.82) is 0 Å². The molecule has 5 nitrogen and oxygen atoms in total. The van der Waals surface area contributed by atoms with Crippen LogP contribution in [0.2, 0.25) is 0 Å². The van der Waals surface area contributed by atoms with Crippen LogP contribution >= 0.6 is 0 Å². The number of hydrogen-bond donors (Lipinski definition) is 0. The molecule has 3 rings (SSSR count). The maximum Gasteiger partial charge on any atom is 0.230 e. The van der Waals surface area contributed by atoms with E-state index in [4.69, 9.17) is 0 Å². The van der Waals surface area contributed by atoms with Gasteiger partial charge in [0.15, 0.2) is 0 Å². The third kappa shape index (κ3) is 3.11. The molecule has 0 unspecified atom stereocenters. The molecule has 0 bridgehead atoms. The van der Waals surface area contributed by atoms with Gasteiger partial charge in [-0.15, -0.1) is 0 Å². The number of benzene rings is 1. The van der Waals surface area contributed by atoms with Gasteiger partial charge in [0, 0.05) is 32.4 Å². The van der Waals surface area contributed by atoms with Crippen LogP contribution in [0, 0.1) is 12.7 Å². The second kappa shape index (κ2) is 6.10. The Morgan fingerprint density at radius 1 is 1.22 bits per heavy atom. The van der Waals surface area contributed by atoms with Gasteiger partial charge in [-0.05, 0) is 30.5 Å². The molecule has 0 radical (unpaired) electrons. The van der Waals surface area contributed by atoms with E-state index in [0.717, 1.165) is 5.56 Å². The molecule has 2 fully saturated rings. The third-order valence-electron chi connectivity index (χ3n) is 4.52. The number of imide groups is 1. The van der Waals surface area contributed by atoms with E-state index in [1.54, 1.807) is 24.0 Å². The van der Waals surface area contributed by atoms with Crippen molar-refractivity contribution in [2.24, 2.45) is 0 Å². The Bertz CT molecular complexity index is 652. The first-order valence-corrected chi connectivity index (χ1v) is 7.83. The van der Waals surface area contributed by atoms with Gasteiger partial charge in [0.1, 0.15) is 5.82 Å². The van der Waals surface area contributed by atoms with Gasteiger partial charge in [-0.2, -0.15) is 0 Å². The van der Waals surface area contributed by atoms with Gasteiger partial charge in [-0.3, -0.25) is 19.3 Å². The Morgan fingerprint density at radius 2 is 1.87 bits per heavy atom. The van der Waals surface area contributed by atoms with Crippen molar-refractivity contribution in [3.63, 3.8) is 0 Å². The predicted molar refractivity (Wildman–Crippen MR) is 80.9 cm³/mol. The summed E-state index contributed by atoms with van der Waals surface area (Å²) in [5, 5.41) is 0. The summed E-state index contributed by atoms with van der Waals surface area (Å²) in [7, 11) is 0. The van der Waals surface area contributed by atoms with E-state index < -0.39 is 0 Å². The van der Waals surface area contributed by atoms with Crippen molar-refractivity contribution in [2.75, 3.05) is 13.1 Å². The van der Waals surface area contributed by atoms with E-state index in [1.165, 1.54) is 11.0 Å². The highest BCUT2D eigenvalue weighted by atomic mass is 19.1. The number of nitrogens with zero attached hydrogens (tertiary/aromatic N) is 2. The summed E-state index contributed by atoms with van der Waals surface area (Å²) in [6.45, 7) is 2.56. The molecule has 2 aliphatic rings. The monoisotopic (exact) mass is 318 g/mol. The van der Waals surface area contributed by atoms with E-state index in [0.29, 0.717) is 31.5 Å². The minimum atomic E-state index is -0.245. The minimum Gasteiger partial charge on any atom is -0.338 e. The highest BCUT2D eigenvalue weighted by molar-refractivity contribution is 6.02. The first-order chi connectivity index (χ1) is 11.0. The largest absolute Gasteiger partial charge is 0.338 e. The van der Waals surface area contributed by atoms with Crippen LogP contribution in [0.5, 0.6) is 0 Å². The number of hydrogen-bond acceptors (Lipinski definition) is 3. The number of likely N-dealkylation sites (tertiary alicyclic amines) is 2. The van der Waals surface area contributed by atoms with E-state index in [-0.39, 0.29) is 42.4 Å². The standard InChI is InChI=1S/C17H19FN2O3/c1-11-8-12(2-4-14(11)18)3-5-15(21)19-9-13(10-19)20-16(22)6-7-17(20)23/h2,4,8,13H,3,5-7,9-10H2,1H3. The number of carbonyl (C=O) groups excluding carboxylic acids is 3. The number of aryl methyl sites for hydroxylation is 2. The summed E-state index contributed by atoms with van der Waals surface area (Å²) >= 11 is 0. The molecule has 0 aliphatic carbocycles. The van der Waals surface area contributed by atoms with Crippen LogP contribution in [0.3, 0.4) is 0 Å². The van der Waals surface area contributed by atoms with Crippen LogP contribution in [-0.4, -0.2) is 46.7 Å². The van der Waals surface area contributed by atoms with Crippen molar-refractivity contribution < 1.29 is 18.8 Å². The number of carbonyl (C=O) groups is 3. The first-order valence-electron chi connectivity index (χ1n) is 7.83. The van der Waals surface area contributed by atoms with Crippen LogP contribution in [0.15, 0.2) is 18.2 Å². The maximum absolute atomic E-state index is 13.2. The maximum atomic E-state index is 13.2. The average Bonchev–Trinajstić information content (AvgIpc) is 2.79. The molecule has 2 heterocycles. The fourth-order valence-electron chi connectivity index (χ4n) is 3.10. The number of rotatable bonds is 4. The highest BCUT2D eigenvalue weighted by Gasteiger charge is 2.42. The van der Waals surface area contributed by atoms with Crippen LogP contribution in [-0.2, 0) is 20.8 Å². The van der Waals surface area contributed by atoms with E-state index in [1.807, 2.05) is 0 Å². The van der Waals surface area contributed by atoms with Crippen LogP contribution < -0.4 is 0 Å². The summed E-state index contributed by atoms with van der Waals surface area (Å²) in [6.07, 6.45) is 1.47. The Balaban J connectivity index is 1.48. The number of halogens is 1. The van der Waals surface area contributed by atoms with Gasteiger partial charge < -0.3 is 4.90 Å². The fraction of sp³-hybridized carbons (Fsp3) is 0.471. The van der Waals surface area contributed by atoms with Crippen LogP contribution in [0.25, 0.3) is 0 Å². The molecule has 2 saturated heterocycles. The van der Waals surface area contributed by atoms with Crippen molar-refractivity contribution in [3.05, 3.63) is 35.1 Å². The van der Waals surface area contributed by atoms with Crippen LogP contribution in [0.1, 0.15) is 30.4 Å². The average molecular weight is 318 g/mol. The third-order valence-corrected chi connectivity index (χ3v) is 4.52. The first kappa shape index (κ1) is 15.6. The molecule has 23 heavy (non-hydrogen) atoms. The molecule has 0 atom stereocenters. The zero-order valence-electron chi connectivity index (χ0n) is 13.0. The molecule has 1 aromatic rings. The Hall–Kier alpha value is -2.24. The van der Waals surface area contributed by atoms with Gasteiger partial charge in [0.05, 0.1) is 6.04 Å². The van der Waals surface area contributed by atoms with Gasteiger partial charge in [0.2, 0.25) is 17.7 Å². The second-order valence-corrected chi connectivity index (χ2v) is 6.19. The normalized spacial score (nSPS) is 18.5. The lowest BCUT2D eigenvalue weighted by atomic mass is 10.0.